The van der Waals surface area contributed by atoms with Gasteiger partial charge in [-0.3, -0.25) is 19.2 Å². The smallest absolute Gasteiger partial charge is 0.329 e. The SMILES string of the molecule is CC[C@@H]1/C=C(\C)C[C@H](C)C[C@H](OC)[C@H]2O[C@@](O)(C(=O)C(=O)N3CCCC[C@H]3C(=O)O[C@H](/C(C)=C/[C@@H]3CC[C@@H](OC(=O)Cc4ccccc4)[C@H](OC)C3)[C@H](C)[C@@H](O)CC1=O)[C@H](C)C[C@@H]2OC. The average molecular weight is 910 g/mol. The Kier molecular flexibility index (Phi) is 19.1. The van der Waals surface area contributed by atoms with Crippen LogP contribution in [0.25, 0.3) is 0 Å². The van der Waals surface area contributed by atoms with Gasteiger partial charge in [-0.1, -0.05) is 75.8 Å². The number of carbonyl (C=O) groups excluding carboxylic acids is 5. The number of amides is 1. The van der Waals surface area contributed by atoms with Gasteiger partial charge in [-0.15, -0.1) is 0 Å². The van der Waals surface area contributed by atoms with Crippen LogP contribution in [0.1, 0.15) is 118 Å². The quantitative estimate of drug-likeness (QED) is 0.161. The van der Waals surface area contributed by atoms with Gasteiger partial charge in [0.1, 0.15) is 30.1 Å². The van der Waals surface area contributed by atoms with Gasteiger partial charge in [-0.25, -0.2) is 4.79 Å². The number of carbonyl (C=O) groups is 5. The number of esters is 2. The second-order valence-electron chi connectivity index (χ2n) is 19.3. The van der Waals surface area contributed by atoms with Crippen LogP contribution in [0.5, 0.6) is 0 Å². The molecule has 362 valence electrons. The summed E-state index contributed by atoms with van der Waals surface area (Å²) in [5.41, 5.74) is 2.48. The maximum atomic E-state index is 14.5. The number of Topliss-reactive ketones (excluding diaryl/α,β-unsaturated/α-hetero) is 2. The highest BCUT2D eigenvalue weighted by molar-refractivity contribution is 6.39. The number of hydrogen-bond donors (Lipinski definition) is 2. The summed E-state index contributed by atoms with van der Waals surface area (Å²) < 4.78 is 36.1. The third kappa shape index (κ3) is 13.0. The third-order valence-electron chi connectivity index (χ3n) is 14.3. The van der Waals surface area contributed by atoms with E-state index in [2.05, 4.69) is 0 Å². The second kappa shape index (κ2) is 23.8. The Bertz CT molecular complexity index is 1850. The number of allylic oxidation sites excluding steroid dienone is 3. The zero-order chi connectivity index (χ0) is 47.6. The number of piperidine rings is 1. The lowest BCUT2D eigenvalue weighted by Crippen LogP contribution is -2.64. The summed E-state index contributed by atoms with van der Waals surface area (Å²) in [6, 6.07) is 8.23. The number of benzene rings is 1. The van der Waals surface area contributed by atoms with Crippen LogP contribution in [0, 0.1) is 29.6 Å². The van der Waals surface area contributed by atoms with Crippen molar-refractivity contribution in [3.63, 3.8) is 0 Å². The summed E-state index contributed by atoms with van der Waals surface area (Å²) in [5, 5.41) is 23.9. The van der Waals surface area contributed by atoms with E-state index in [0.717, 1.165) is 11.1 Å². The average Bonchev–Trinajstić information content (AvgIpc) is 3.29. The predicted octanol–water partition coefficient (Wildman–Crippen LogP) is 6.27. The fourth-order valence-corrected chi connectivity index (χ4v) is 10.5. The molecule has 0 radical (unpaired) electrons. The van der Waals surface area contributed by atoms with E-state index in [4.69, 9.17) is 28.4 Å². The second-order valence-corrected chi connectivity index (χ2v) is 19.3. The Morgan fingerprint density at radius 2 is 1.57 bits per heavy atom. The third-order valence-corrected chi connectivity index (χ3v) is 14.3. The van der Waals surface area contributed by atoms with E-state index < -0.39 is 90.0 Å². The number of hydrogen-bond acceptors (Lipinski definition) is 13. The van der Waals surface area contributed by atoms with Gasteiger partial charge in [0.25, 0.3) is 11.7 Å². The van der Waals surface area contributed by atoms with Gasteiger partial charge in [0, 0.05) is 52.0 Å². The van der Waals surface area contributed by atoms with Crippen LogP contribution in [-0.2, 0) is 58.8 Å². The summed E-state index contributed by atoms with van der Waals surface area (Å²) in [7, 11) is 4.65. The standard InChI is InChI=1S/C51H75NO13/c1-10-37-23-30(2)22-31(3)24-43(61-8)47-44(62-9)26-33(5)51(59,65-47)48(56)49(57)52-21-15-14-18-38(52)50(58)64-46(34(6)39(53)29-40(37)54)32(4)25-36-19-20-41(42(27-36)60-7)63-45(55)28-35-16-12-11-13-17-35/h11-13,16-17,23,25,31,33-34,36-39,41-44,46-47,53,59H,10,14-15,18-22,24,26-29H2,1-9H3/b30-23+,32-25+/t31-,33+,34+,36-,37+,38-,39-,41+,42+,43-,44-,46+,47+,51+/m0/s1. The van der Waals surface area contributed by atoms with E-state index in [1.165, 1.54) is 19.1 Å². The van der Waals surface area contributed by atoms with Crippen molar-refractivity contribution in [2.75, 3.05) is 27.9 Å². The number of ketones is 2. The zero-order valence-corrected chi connectivity index (χ0v) is 40.1. The van der Waals surface area contributed by atoms with Crippen molar-refractivity contribution in [2.24, 2.45) is 29.6 Å². The van der Waals surface area contributed by atoms with Gasteiger partial charge in [0.2, 0.25) is 5.79 Å². The van der Waals surface area contributed by atoms with Crippen LogP contribution in [-0.4, -0.2) is 127 Å². The topological polar surface area (TPSA) is 184 Å². The molecule has 0 unspecified atom stereocenters. The fourth-order valence-electron chi connectivity index (χ4n) is 10.5. The molecule has 1 aliphatic carbocycles. The number of fused-ring (bicyclic) bond motifs is 3. The van der Waals surface area contributed by atoms with E-state index in [9.17, 15) is 34.2 Å². The van der Waals surface area contributed by atoms with E-state index in [1.54, 1.807) is 21.0 Å². The van der Waals surface area contributed by atoms with E-state index in [1.807, 2.05) is 70.2 Å². The van der Waals surface area contributed by atoms with Crippen molar-refractivity contribution in [3.8, 4) is 0 Å². The minimum absolute atomic E-state index is 0.0195. The molecule has 5 rings (SSSR count). The molecule has 14 heteroatoms. The van der Waals surface area contributed by atoms with Crippen LogP contribution in [0.3, 0.4) is 0 Å². The molecule has 1 saturated carbocycles. The summed E-state index contributed by atoms with van der Waals surface area (Å²) >= 11 is 0. The molecule has 3 fully saturated rings. The Hall–Kier alpha value is -3.79. The highest BCUT2D eigenvalue weighted by Gasteiger charge is 2.56. The van der Waals surface area contributed by atoms with Gasteiger partial charge in [-0.05, 0) is 101 Å². The molecule has 1 aromatic carbocycles. The lowest BCUT2D eigenvalue weighted by atomic mass is 9.81. The largest absolute Gasteiger partial charge is 0.459 e. The van der Waals surface area contributed by atoms with Crippen LogP contribution < -0.4 is 0 Å². The Morgan fingerprint density at radius 3 is 2.23 bits per heavy atom. The molecule has 0 spiro atoms. The monoisotopic (exact) mass is 910 g/mol. The van der Waals surface area contributed by atoms with E-state index in [0.29, 0.717) is 56.9 Å². The predicted molar refractivity (Wildman–Crippen MR) is 242 cm³/mol. The number of ether oxygens (including phenoxy) is 6. The minimum atomic E-state index is -2.52. The molecule has 2 bridgehead atoms. The van der Waals surface area contributed by atoms with Gasteiger partial charge in [0.05, 0.1) is 30.8 Å². The molecule has 4 aliphatic rings. The molecular weight excluding hydrogens is 835 g/mol. The van der Waals surface area contributed by atoms with Crippen LogP contribution in [0.4, 0.5) is 0 Å². The van der Waals surface area contributed by atoms with Crippen molar-refractivity contribution >= 4 is 29.4 Å². The molecular formula is C51H75NO13. The van der Waals surface area contributed by atoms with Crippen molar-refractivity contribution in [1.82, 2.24) is 4.90 Å². The highest BCUT2D eigenvalue weighted by atomic mass is 16.7. The number of nitrogens with zero attached hydrogens (tertiary/aromatic N) is 1. The first-order valence-electron chi connectivity index (χ1n) is 23.8. The summed E-state index contributed by atoms with van der Waals surface area (Å²) in [6.45, 7) is 11.2. The number of aliphatic hydroxyl groups excluding tert-OH is 1. The minimum Gasteiger partial charge on any atom is -0.459 e. The Balaban J connectivity index is 1.46. The van der Waals surface area contributed by atoms with Crippen LogP contribution in [0.2, 0.25) is 0 Å². The molecule has 2 saturated heterocycles. The molecule has 1 aromatic rings. The molecule has 14 atom stereocenters. The molecule has 1 amide bonds. The lowest BCUT2D eigenvalue weighted by molar-refractivity contribution is -0.302. The Labute approximate surface area is 385 Å². The summed E-state index contributed by atoms with van der Waals surface area (Å²) in [6.07, 6.45) is 3.63. The van der Waals surface area contributed by atoms with Crippen molar-refractivity contribution < 1.29 is 62.6 Å². The molecule has 65 heavy (non-hydrogen) atoms. The maximum absolute atomic E-state index is 14.5. The Morgan fingerprint density at radius 1 is 0.892 bits per heavy atom. The van der Waals surface area contributed by atoms with Crippen molar-refractivity contribution in [2.45, 2.75) is 173 Å². The first-order chi connectivity index (χ1) is 30.9. The van der Waals surface area contributed by atoms with Crippen molar-refractivity contribution in [1.29, 1.82) is 0 Å². The van der Waals surface area contributed by atoms with E-state index in [-0.39, 0.29) is 55.8 Å². The fraction of sp³-hybridized carbons (Fsp3) is 0.706. The van der Waals surface area contributed by atoms with Gasteiger partial charge in [0.15, 0.2) is 0 Å². The van der Waals surface area contributed by atoms with Gasteiger partial charge < -0.3 is 43.5 Å². The first-order valence-corrected chi connectivity index (χ1v) is 23.8. The van der Waals surface area contributed by atoms with Gasteiger partial charge >= 0.3 is 11.9 Å². The van der Waals surface area contributed by atoms with Crippen molar-refractivity contribution in [3.05, 3.63) is 59.2 Å². The molecule has 3 heterocycles. The highest BCUT2D eigenvalue weighted by Crippen LogP contribution is 2.39. The van der Waals surface area contributed by atoms with Crippen LogP contribution in [0.15, 0.2) is 53.6 Å². The number of aliphatic hydroxyl groups is 2. The normalized spacial score (nSPS) is 37.3. The first kappa shape index (κ1) is 52.2. The molecule has 14 nitrogen and oxygen atoms in total. The number of methoxy groups -OCH3 is 3. The van der Waals surface area contributed by atoms with E-state index >= 15 is 0 Å². The van der Waals surface area contributed by atoms with Crippen LogP contribution >= 0.6 is 0 Å². The summed E-state index contributed by atoms with van der Waals surface area (Å²) in [4.78, 5) is 71.2. The molecule has 0 aromatic heterocycles. The zero-order valence-electron chi connectivity index (χ0n) is 40.1. The maximum Gasteiger partial charge on any atom is 0.329 e. The molecule has 3 aliphatic heterocycles. The molecule has 2 N–H and O–H groups in total. The lowest BCUT2D eigenvalue weighted by Gasteiger charge is -2.47. The number of cyclic esters (lactones) is 1. The summed E-state index contributed by atoms with van der Waals surface area (Å²) in [5.74, 6) is -8.08. The van der Waals surface area contributed by atoms with Gasteiger partial charge in [-0.2, -0.15) is 0 Å². The number of rotatable bonds is 9.